The molecule has 1 aliphatic rings. The second-order valence-corrected chi connectivity index (χ2v) is 6.08. The van der Waals surface area contributed by atoms with Crippen molar-refractivity contribution in [1.82, 2.24) is 5.32 Å². The number of amides is 1. The summed E-state index contributed by atoms with van der Waals surface area (Å²) in [4.78, 5) is 12.2. The molecular formula is C16H24Cl2N2O. The molecule has 0 radical (unpaired) electrons. The van der Waals surface area contributed by atoms with Crippen LogP contribution in [0.1, 0.15) is 50.6 Å². The van der Waals surface area contributed by atoms with Crippen LogP contribution in [0.2, 0.25) is 5.02 Å². The molecular weight excluding hydrogens is 307 g/mol. The van der Waals surface area contributed by atoms with E-state index < -0.39 is 0 Å². The van der Waals surface area contributed by atoms with Crippen molar-refractivity contribution >= 4 is 29.9 Å². The second-order valence-electron chi connectivity index (χ2n) is 5.64. The van der Waals surface area contributed by atoms with Crippen LogP contribution in [0.15, 0.2) is 24.3 Å². The number of hydrogen-bond acceptors (Lipinski definition) is 2. The van der Waals surface area contributed by atoms with E-state index >= 15 is 0 Å². The molecule has 0 saturated heterocycles. The highest BCUT2D eigenvalue weighted by atomic mass is 35.5. The van der Waals surface area contributed by atoms with Gasteiger partial charge in [0.15, 0.2) is 0 Å². The van der Waals surface area contributed by atoms with Gasteiger partial charge in [-0.1, -0.05) is 37.1 Å². The van der Waals surface area contributed by atoms with Crippen LogP contribution in [0.3, 0.4) is 0 Å². The fraction of sp³-hybridized carbons (Fsp3) is 0.562. The van der Waals surface area contributed by atoms with Crippen LogP contribution >= 0.6 is 24.0 Å². The minimum absolute atomic E-state index is 0. The van der Waals surface area contributed by atoms with Crippen LogP contribution in [0, 0.1) is 5.92 Å². The number of halogens is 2. The first-order valence-electron chi connectivity index (χ1n) is 7.40. The smallest absolute Gasteiger partial charge is 0.220 e. The number of rotatable bonds is 5. The lowest BCUT2D eigenvalue weighted by atomic mass is 9.98. The van der Waals surface area contributed by atoms with E-state index in [1.807, 2.05) is 24.3 Å². The van der Waals surface area contributed by atoms with E-state index in [2.05, 4.69) is 12.2 Å². The van der Waals surface area contributed by atoms with E-state index in [0.717, 1.165) is 31.2 Å². The van der Waals surface area contributed by atoms with Crippen LogP contribution < -0.4 is 11.1 Å². The zero-order valence-corrected chi connectivity index (χ0v) is 13.9. The van der Waals surface area contributed by atoms with Crippen LogP contribution in [0.25, 0.3) is 0 Å². The molecule has 1 unspecified atom stereocenters. The Morgan fingerprint density at radius 2 is 2.05 bits per heavy atom. The summed E-state index contributed by atoms with van der Waals surface area (Å²) in [5.41, 5.74) is 7.12. The SMILES string of the molecule is CCC(NC(=O)C[C@@H]1CCC[C@H]1N)c1ccc(Cl)cc1.Cl. The van der Waals surface area contributed by atoms with Gasteiger partial charge in [0.05, 0.1) is 6.04 Å². The first-order valence-corrected chi connectivity index (χ1v) is 7.78. The third-order valence-electron chi connectivity index (χ3n) is 4.18. The summed E-state index contributed by atoms with van der Waals surface area (Å²) in [7, 11) is 0. The zero-order valence-electron chi connectivity index (χ0n) is 12.3. The molecule has 1 aliphatic carbocycles. The van der Waals surface area contributed by atoms with Crippen molar-refractivity contribution in [2.45, 2.75) is 51.1 Å². The summed E-state index contributed by atoms with van der Waals surface area (Å²) in [6.07, 6.45) is 4.68. The standard InChI is InChI=1S/C16H23ClN2O.ClH/c1-2-15(11-6-8-13(17)9-7-11)19-16(20)10-12-4-3-5-14(12)18;/h6-9,12,14-15H,2-5,10,18H2,1H3,(H,19,20);1H/t12-,14+,15?;/m0./s1. The Labute approximate surface area is 138 Å². The third-order valence-corrected chi connectivity index (χ3v) is 4.43. The molecule has 1 fully saturated rings. The first-order chi connectivity index (χ1) is 9.60. The summed E-state index contributed by atoms with van der Waals surface area (Å²) in [6, 6.07) is 7.90. The predicted octanol–water partition coefficient (Wildman–Crippen LogP) is 3.85. The summed E-state index contributed by atoms with van der Waals surface area (Å²) in [5.74, 6) is 0.451. The third kappa shape index (κ3) is 5.17. The van der Waals surface area contributed by atoms with E-state index in [-0.39, 0.29) is 30.4 Å². The molecule has 5 heteroatoms. The van der Waals surface area contributed by atoms with E-state index in [9.17, 15) is 4.79 Å². The summed E-state index contributed by atoms with van der Waals surface area (Å²) < 4.78 is 0. The topological polar surface area (TPSA) is 55.1 Å². The molecule has 3 atom stereocenters. The normalized spacial score (nSPS) is 22.4. The zero-order chi connectivity index (χ0) is 14.5. The van der Waals surface area contributed by atoms with Gasteiger partial charge in [-0.3, -0.25) is 4.79 Å². The summed E-state index contributed by atoms with van der Waals surface area (Å²) in [5, 5.41) is 3.83. The van der Waals surface area contributed by atoms with Gasteiger partial charge < -0.3 is 11.1 Å². The van der Waals surface area contributed by atoms with E-state index in [4.69, 9.17) is 17.3 Å². The molecule has 21 heavy (non-hydrogen) atoms. The van der Waals surface area contributed by atoms with Crippen molar-refractivity contribution in [3.63, 3.8) is 0 Å². The maximum Gasteiger partial charge on any atom is 0.220 e. The number of carbonyl (C=O) groups excluding carboxylic acids is 1. The fourth-order valence-corrected chi connectivity index (χ4v) is 3.05. The van der Waals surface area contributed by atoms with Crippen molar-refractivity contribution in [2.75, 3.05) is 0 Å². The van der Waals surface area contributed by atoms with E-state index in [1.54, 1.807) is 0 Å². The van der Waals surface area contributed by atoms with E-state index in [0.29, 0.717) is 17.4 Å². The molecule has 2 rings (SSSR count). The van der Waals surface area contributed by atoms with Crippen LogP contribution in [-0.4, -0.2) is 11.9 Å². The Morgan fingerprint density at radius 3 is 2.57 bits per heavy atom. The Kier molecular flexibility index (Phi) is 7.50. The number of nitrogens with one attached hydrogen (secondary N) is 1. The Balaban J connectivity index is 0.00000220. The van der Waals surface area contributed by atoms with Crippen molar-refractivity contribution < 1.29 is 4.79 Å². The van der Waals surface area contributed by atoms with Gasteiger partial charge in [0.1, 0.15) is 0 Å². The van der Waals surface area contributed by atoms with Gasteiger partial charge in [0.25, 0.3) is 0 Å². The molecule has 1 amide bonds. The van der Waals surface area contributed by atoms with Crippen molar-refractivity contribution in [2.24, 2.45) is 11.7 Å². The molecule has 3 nitrogen and oxygen atoms in total. The minimum Gasteiger partial charge on any atom is -0.349 e. The van der Waals surface area contributed by atoms with Gasteiger partial charge in [-0.25, -0.2) is 0 Å². The Morgan fingerprint density at radius 1 is 1.38 bits per heavy atom. The van der Waals surface area contributed by atoms with Crippen molar-refractivity contribution in [3.8, 4) is 0 Å². The largest absolute Gasteiger partial charge is 0.349 e. The number of benzene rings is 1. The molecule has 0 heterocycles. The molecule has 0 spiro atoms. The summed E-state index contributed by atoms with van der Waals surface area (Å²) >= 11 is 5.89. The maximum atomic E-state index is 12.2. The highest BCUT2D eigenvalue weighted by Gasteiger charge is 2.26. The first kappa shape index (κ1) is 18.3. The van der Waals surface area contributed by atoms with Gasteiger partial charge >= 0.3 is 0 Å². The minimum atomic E-state index is 0. The lowest BCUT2D eigenvalue weighted by molar-refractivity contribution is -0.122. The highest BCUT2D eigenvalue weighted by Crippen LogP contribution is 2.27. The number of nitrogens with two attached hydrogens (primary N) is 1. The Hall–Kier alpha value is -0.770. The van der Waals surface area contributed by atoms with Crippen molar-refractivity contribution in [3.05, 3.63) is 34.9 Å². The van der Waals surface area contributed by atoms with Crippen LogP contribution in [0.5, 0.6) is 0 Å². The average molecular weight is 331 g/mol. The highest BCUT2D eigenvalue weighted by molar-refractivity contribution is 6.30. The average Bonchev–Trinajstić information content (AvgIpc) is 2.83. The second kappa shape index (κ2) is 8.62. The summed E-state index contributed by atoms with van der Waals surface area (Å²) in [6.45, 7) is 2.07. The maximum absolute atomic E-state index is 12.2. The molecule has 1 aromatic rings. The molecule has 118 valence electrons. The molecule has 0 bridgehead atoms. The Bertz CT molecular complexity index is 450. The molecule has 0 aromatic heterocycles. The number of carbonyl (C=O) groups is 1. The van der Waals surface area contributed by atoms with Crippen LogP contribution in [0.4, 0.5) is 0 Å². The van der Waals surface area contributed by atoms with Crippen molar-refractivity contribution in [1.29, 1.82) is 0 Å². The molecule has 0 aliphatic heterocycles. The number of hydrogen-bond donors (Lipinski definition) is 2. The lowest BCUT2D eigenvalue weighted by Crippen LogP contribution is -2.33. The van der Waals surface area contributed by atoms with E-state index in [1.165, 1.54) is 0 Å². The quantitative estimate of drug-likeness (QED) is 0.861. The fourth-order valence-electron chi connectivity index (χ4n) is 2.93. The monoisotopic (exact) mass is 330 g/mol. The molecule has 1 saturated carbocycles. The van der Waals surface area contributed by atoms with Gasteiger partial charge in [-0.05, 0) is 42.9 Å². The van der Waals surface area contributed by atoms with Crippen LogP contribution in [-0.2, 0) is 4.79 Å². The van der Waals surface area contributed by atoms with Gasteiger partial charge in [0.2, 0.25) is 5.91 Å². The molecule has 3 N–H and O–H groups in total. The van der Waals surface area contributed by atoms with Gasteiger partial charge in [0, 0.05) is 17.5 Å². The predicted molar refractivity (Wildman–Crippen MR) is 89.8 cm³/mol. The van der Waals surface area contributed by atoms with Gasteiger partial charge in [-0.2, -0.15) is 0 Å². The molecule has 1 aromatic carbocycles. The van der Waals surface area contributed by atoms with Gasteiger partial charge in [-0.15, -0.1) is 12.4 Å². The lowest BCUT2D eigenvalue weighted by Gasteiger charge is -2.20.